The third kappa shape index (κ3) is 7.21. The predicted octanol–water partition coefficient (Wildman–Crippen LogP) is 6.43. The van der Waals surface area contributed by atoms with Crippen molar-refractivity contribution in [1.29, 1.82) is 0 Å². The van der Waals surface area contributed by atoms with Crippen LogP contribution in [-0.2, 0) is 22.2 Å². The Bertz CT molecular complexity index is 1210. The summed E-state index contributed by atoms with van der Waals surface area (Å²) in [5, 5.41) is 11.7. The van der Waals surface area contributed by atoms with Gasteiger partial charge in [-0.25, -0.2) is 4.79 Å². The zero-order chi connectivity index (χ0) is 24.7. The normalized spacial score (nSPS) is 11.7. The van der Waals surface area contributed by atoms with E-state index in [9.17, 15) is 27.9 Å². The SMILES string of the molecule is O=C(CCc1cccc(C(F)(F)F)c1)N/C(=C/c1ccc(Oc2ccccc2Br)cc1)C(=O)O. The molecule has 0 fully saturated rings. The Hall–Kier alpha value is -3.59. The van der Waals surface area contributed by atoms with Crippen molar-refractivity contribution in [3.63, 3.8) is 0 Å². The summed E-state index contributed by atoms with van der Waals surface area (Å²) in [5.41, 5.74) is -0.321. The van der Waals surface area contributed by atoms with Gasteiger partial charge in [-0.3, -0.25) is 4.79 Å². The minimum absolute atomic E-state index is 0.0315. The Kier molecular flexibility index (Phi) is 8.12. The van der Waals surface area contributed by atoms with Gasteiger partial charge in [0.2, 0.25) is 5.91 Å². The van der Waals surface area contributed by atoms with Gasteiger partial charge < -0.3 is 15.2 Å². The molecule has 0 aliphatic heterocycles. The number of hydrogen-bond acceptors (Lipinski definition) is 3. The number of benzene rings is 3. The Balaban J connectivity index is 1.63. The highest BCUT2D eigenvalue weighted by Crippen LogP contribution is 2.30. The molecule has 34 heavy (non-hydrogen) atoms. The van der Waals surface area contributed by atoms with E-state index < -0.39 is 23.6 Å². The van der Waals surface area contributed by atoms with E-state index in [1.54, 1.807) is 30.3 Å². The van der Waals surface area contributed by atoms with Crippen LogP contribution in [0, 0.1) is 0 Å². The Morgan fingerprint density at radius 3 is 2.35 bits per heavy atom. The van der Waals surface area contributed by atoms with Gasteiger partial charge >= 0.3 is 12.1 Å². The molecular weight excluding hydrogens is 515 g/mol. The molecule has 0 bridgehead atoms. The lowest BCUT2D eigenvalue weighted by molar-refractivity contribution is -0.137. The molecule has 176 valence electrons. The van der Waals surface area contributed by atoms with Gasteiger partial charge in [0.05, 0.1) is 10.0 Å². The van der Waals surface area contributed by atoms with Crippen LogP contribution in [0.3, 0.4) is 0 Å². The van der Waals surface area contributed by atoms with Crippen LogP contribution in [0.2, 0.25) is 0 Å². The maximum atomic E-state index is 12.8. The highest BCUT2D eigenvalue weighted by atomic mass is 79.9. The molecule has 3 aromatic rings. The number of carboxylic acid groups (broad SMARTS) is 1. The van der Waals surface area contributed by atoms with Gasteiger partial charge in [0.1, 0.15) is 17.2 Å². The fourth-order valence-corrected chi connectivity index (χ4v) is 3.34. The molecule has 1 amide bonds. The van der Waals surface area contributed by atoms with E-state index in [4.69, 9.17) is 4.74 Å². The molecular formula is C25H19BrF3NO4. The summed E-state index contributed by atoms with van der Waals surface area (Å²) in [7, 11) is 0. The first-order chi connectivity index (χ1) is 16.1. The molecule has 0 unspecified atom stereocenters. The molecule has 0 aromatic heterocycles. The topological polar surface area (TPSA) is 75.6 Å². The Morgan fingerprint density at radius 1 is 1.00 bits per heavy atom. The van der Waals surface area contributed by atoms with Crippen molar-refractivity contribution >= 4 is 33.9 Å². The summed E-state index contributed by atoms with van der Waals surface area (Å²) in [6.45, 7) is 0. The summed E-state index contributed by atoms with van der Waals surface area (Å²) < 4.78 is 45.0. The lowest BCUT2D eigenvalue weighted by Crippen LogP contribution is -2.27. The van der Waals surface area contributed by atoms with Gasteiger partial charge in [-0.15, -0.1) is 0 Å². The molecule has 0 heterocycles. The van der Waals surface area contributed by atoms with Crippen molar-refractivity contribution in [3.05, 3.63) is 99.7 Å². The number of carbonyl (C=O) groups excluding carboxylic acids is 1. The predicted molar refractivity (Wildman–Crippen MR) is 124 cm³/mol. The molecule has 0 atom stereocenters. The highest BCUT2D eigenvalue weighted by Gasteiger charge is 2.30. The highest BCUT2D eigenvalue weighted by molar-refractivity contribution is 9.10. The molecule has 3 rings (SSSR count). The summed E-state index contributed by atoms with van der Waals surface area (Å²) in [6, 6.07) is 18.5. The summed E-state index contributed by atoms with van der Waals surface area (Å²) in [5.74, 6) is -0.822. The number of amides is 1. The molecule has 5 nitrogen and oxygen atoms in total. The quantitative estimate of drug-likeness (QED) is 0.327. The molecule has 0 radical (unpaired) electrons. The fraction of sp³-hybridized carbons (Fsp3) is 0.120. The van der Waals surface area contributed by atoms with E-state index in [0.717, 1.165) is 16.6 Å². The number of alkyl halides is 3. The average Bonchev–Trinajstić information content (AvgIpc) is 2.79. The van der Waals surface area contributed by atoms with E-state index in [-0.39, 0.29) is 18.5 Å². The number of para-hydroxylation sites is 1. The summed E-state index contributed by atoms with van der Waals surface area (Å²) in [6.07, 6.45) is -3.34. The lowest BCUT2D eigenvalue weighted by Gasteiger charge is -2.10. The molecule has 2 N–H and O–H groups in total. The van der Waals surface area contributed by atoms with Crippen molar-refractivity contribution in [2.45, 2.75) is 19.0 Å². The monoisotopic (exact) mass is 533 g/mol. The van der Waals surface area contributed by atoms with Crippen LogP contribution >= 0.6 is 15.9 Å². The maximum Gasteiger partial charge on any atom is 0.416 e. The Morgan fingerprint density at radius 2 is 1.71 bits per heavy atom. The second-order valence-electron chi connectivity index (χ2n) is 7.21. The molecule has 0 saturated heterocycles. The number of hydrogen-bond donors (Lipinski definition) is 2. The first-order valence-corrected chi connectivity index (χ1v) is 10.8. The number of aliphatic carboxylic acids is 1. The van der Waals surface area contributed by atoms with Gasteiger partial charge in [-0.1, -0.05) is 42.5 Å². The number of ether oxygens (including phenoxy) is 1. The average molecular weight is 534 g/mol. The largest absolute Gasteiger partial charge is 0.477 e. The number of aryl methyl sites for hydroxylation is 1. The van der Waals surface area contributed by atoms with Crippen LogP contribution in [0.25, 0.3) is 6.08 Å². The van der Waals surface area contributed by atoms with Crippen molar-refractivity contribution in [2.24, 2.45) is 0 Å². The van der Waals surface area contributed by atoms with E-state index in [1.807, 2.05) is 18.2 Å². The molecule has 9 heteroatoms. The van der Waals surface area contributed by atoms with Crippen LogP contribution in [0.5, 0.6) is 11.5 Å². The van der Waals surface area contributed by atoms with Crippen molar-refractivity contribution in [3.8, 4) is 11.5 Å². The van der Waals surface area contributed by atoms with Crippen LogP contribution < -0.4 is 10.1 Å². The molecule has 0 saturated carbocycles. The van der Waals surface area contributed by atoms with Gasteiger partial charge in [0, 0.05) is 6.42 Å². The standard InChI is InChI=1S/C25H19BrF3NO4/c26-20-6-1-2-7-22(20)34-19-11-8-17(9-12-19)15-21(24(32)33)30-23(31)13-10-16-4-3-5-18(14-16)25(27,28)29/h1-9,11-12,14-15H,10,13H2,(H,30,31)(H,32,33)/b21-15+. The van der Waals surface area contributed by atoms with E-state index in [1.165, 1.54) is 18.2 Å². The van der Waals surface area contributed by atoms with Crippen LogP contribution in [0.4, 0.5) is 13.2 Å². The first-order valence-electron chi connectivity index (χ1n) is 10.1. The van der Waals surface area contributed by atoms with E-state index in [2.05, 4.69) is 21.2 Å². The first kappa shape index (κ1) is 25.0. The minimum atomic E-state index is -4.48. The van der Waals surface area contributed by atoms with Gasteiger partial charge in [0.25, 0.3) is 0 Å². The van der Waals surface area contributed by atoms with Crippen LogP contribution in [0.15, 0.2) is 83.0 Å². The van der Waals surface area contributed by atoms with Gasteiger partial charge in [-0.2, -0.15) is 13.2 Å². The number of carbonyl (C=O) groups is 2. The van der Waals surface area contributed by atoms with Crippen molar-refractivity contribution in [2.75, 3.05) is 0 Å². The third-order valence-corrected chi connectivity index (χ3v) is 5.31. The maximum absolute atomic E-state index is 12.8. The number of halogens is 4. The molecule has 0 spiro atoms. The van der Waals surface area contributed by atoms with Gasteiger partial charge in [0.15, 0.2) is 0 Å². The van der Waals surface area contributed by atoms with Crippen LogP contribution in [-0.4, -0.2) is 17.0 Å². The second-order valence-corrected chi connectivity index (χ2v) is 8.07. The Labute approximate surface area is 202 Å². The van der Waals surface area contributed by atoms with E-state index in [0.29, 0.717) is 22.6 Å². The molecule has 0 aliphatic carbocycles. The lowest BCUT2D eigenvalue weighted by atomic mass is 10.1. The summed E-state index contributed by atoms with van der Waals surface area (Å²) in [4.78, 5) is 23.8. The third-order valence-electron chi connectivity index (χ3n) is 4.66. The van der Waals surface area contributed by atoms with Crippen LogP contribution in [0.1, 0.15) is 23.1 Å². The molecule has 0 aliphatic rings. The van der Waals surface area contributed by atoms with Crippen molar-refractivity contribution < 1.29 is 32.6 Å². The number of carboxylic acids is 1. The zero-order valence-corrected chi connectivity index (χ0v) is 19.2. The smallest absolute Gasteiger partial charge is 0.416 e. The van der Waals surface area contributed by atoms with Gasteiger partial charge in [-0.05, 0) is 69.9 Å². The van der Waals surface area contributed by atoms with Crippen molar-refractivity contribution in [1.82, 2.24) is 5.32 Å². The fourth-order valence-electron chi connectivity index (χ4n) is 2.98. The second kappa shape index (κ2) is 11.0. The number of nitrogens with one attached hydrogen (secondary N) is 1. The summed E-state index contributed by atoms with van der Waals surface area (Å²) >= 11 is 3.39. The van der Waals surface area contributed by atoms with E-state index >= 15 is 0 Å². The minimum Gasteiger partial charge on any atom is -0.477 e. The molecule has 3 aromatic carbocycles. The zero-order valence-electron chi connectivity index (χ0n) is 17.6. The number of rotatable bonds is 8.